The summed E-state index contributed by atoms with van der Waals surface area (Å²) in [7, 11) is 0. The lowest BCUT2D eigenvalue weighted by molar-refractivity contribution is 0.523. The molecule has 1 N–H and O–H groups in total. The molecule has 0 radical (unpaired) electrons. The number of hydrogen-bond donors (Lipinski definition) is 2. The van der Waals surface area contributed by atoms with Crippen LogP contribution >= 0.6 is 12.6 Å². The van der Waals surface area contributed by atoms with E-state index in [-0.39, 0.29) is 5.75 Å². The van der Waals surface area contributed by atoms with Gasteiger partial charge in [-0.15, -0.1) is 0 Å². The van der Waals surface area contributed by atoms with Crippen LogP contribution in [0, 0.1) is 0 Å². The number of aromatic nitrogens is 3. The number of H-pyrrole nitrogens is 1. The summed E-state index contributed by atoms with van der Waals surface area (Å²) in [5.74, 6) is -0.242. The third-order valence-corrected chi connectivity index (χ3v) is 2.38. The Bertz CT molecular complexity index is 332. The summed E-state index contributed by atoms with van der Waals surface area (Å²) in [6.07, 6.45) is 1.18. The molecule has 8 heteroatoms. The van der Waals surface area contributed by atoms with E-state index in [1.807, 2.05) is 0 Å². The number of nitrogens with zero attached hydrogens (tertiary/aromatic N) is 2. The minimum Gasteiger partial charge on any atom is -0.772 e. The molecule has 1 aromatic rings. The Morgan fingerprint density at radius 1 is 1.92 bits per heavy atom. The topological polar surface area (TPSA) is 90.8 Å². The third kappa shape index (κ3) is 2.19. The largest absolute Gasteiger partial charge is 0.772 e. The molecule has 0 aliphatic rings. The number of aromatic amines is 1. The first kappa shape index (κ1) is 9.49. The van der Waals surface area contributed by atoms with E-state index in [9.17, 15) is 13.6 Å². The molecule has 0 saturated carbocycles. The van der Waals surface area contributed by atoms with Crippen molar-refractivity contribution in [2.24, 2.45) is 0 Å². The highest BCUT2D eigenvalue weighted by Gasteiger charge is 2.08. The molecule has 6 nitrogen and oxygen atoms in total. The Morgan fingerprint density at radius 3 is 3.00 bits per heavy atom. The third-order valence-electron chi connectivity index (χ3n) is 1.15. The van der Waals surface area contributed by atoms with Crippen LogP contribution in [0.25, 0.3) is 0 Å². The van der Waals surface area contributed by atoms with E-state index in [2.05, 4.69) is 22.7 Å². The second kappa shape index (κ2) is 3.87. The van der Waals surface area contributed by atoms with E-state index >= 15 is 0 Å². The zero-order valence-electron chi connectivity index (χ0n) is 5.84. The van der Waals surface area contributed by atoms with Gasteiger partial charge in [0.25, 0.3) is 0 Å². The van der Waals surface area contributed by atoms with Gasteiger partial charge in [-0.05, 0) is 0 Å². The van der Waals surface area contributed by atoms with Gasteiger partial charge >= 0.3 is 5.69 Å². The van der Waals surface area contributed by atoms with Gasteiger partial charge in [-0.25, -0.2) is 4.79 Å². The molecule has 1 heterocycles. The molecule has 0 bridgehead atoms. The maximum absolute atomic E-state index is 10.8. The molecule has 12 heavy (non-hydrogen) atoms. The van der Waals surface area contributed by atoms with E-state index < -0.39 is 22.1 Å². The standard InChI is InChI=1S/C4H7N3O3S2/c8-4-5-2-6-7(4)3(11)1-12(9)10/h2-3,11H,1H2,(H,9,10)(H,5,6,8)/p-1. The lowest BCUT2D eigenvalue weighted by Gasteiger charge is -2.10. The lowest BCUT2D eigenvalue weighted by atomic mass is 10.7. The molecule has 2 atom stereocenters. The molecule has 0 saturated heterocycles. The molecule has 0 spiro atoms. The summed E-state index contributed by atoms with van der Waals surface area (Å²) in [6, 6.07) is 0. The molecule has 0 aromatic carbocycles. The number of hydrogen-bond acceptors (Lipinski definition) is 5. The van der Waals surface area contributed by atoms with Crippen molar-refractivity contribution in [3.05, 3.63) is 16.8 Å². The average molecular weight is 208 g/mol. The van der Waals surface area contributed by atoms with Crippen molar-refractivity contribution >= 4 is 23.7 Å². The van der Waals surface area contributed by atoms with E-state index in [1.165, 1.54) is 6.33 Å². The number of nitrogens with one attached hydrogen (secondary N) is 1. The summed E-state index contributed by atoms with van der Waals surface area (Å²) in [4.78, 5) is 13.1. The summed E-state index contributed by atoms with van der Waals surface area (Å²) in [5, 5.41) is 2.83. The lowest BCUT2D eigenvalue weighted by Crippen LogP contribution is -2.24. The van der Waals surface area contributed by atoms with Crippen LogP contribution < -0.4 is 5.69 Å². The van der Waals surface area contributed by atoms with E-state index in [1.54, 1.807) is 0 Å². The minimum atomic E-state index is -2.23. The summed E-state index contributed by atoms with van der Waals surface area (Å²) in [5.41, 5.74) is -0.472. The van der Waals surface area contributed by atoms with Gasteiger partial charge in [-0.1, -0.05) is 11.1 Å². The Labute approximate surface area is 75.7 Å². The Kier molecular flexibility index (Phi) is 3.06. The van der Waals surface area contributed by atoms with Crippen molar-refractivity contribution in [3.63, 3.8) is 0 Å². The van der Waals surface area contributed by atoms with Gasteiger partial charge < -0.3 is 4.55 Å². The normalized spacial score (nSPS) is 15.8. The molecule has 2 unspecified atom stereocenters. The second-order valence-electron chi connectivity index (χ2n) is 1.99. The van der Waals surface area contributed by atoms with Crippen molar-refractivity contribution in [1.29, 1.82) is 0 Å². The molecule has 1 aromatic heterocycles. The Hall–Kier alpha value is -0.600. The highest BCUT2D eigenvalue weighted by atomic mass is 32.2. The molecular formula is C4H6N3O3S2-. The van der Waals surface area contributed by atoms with Crippen molar-refractivity contribution in [2.45, 2.75) is 5.37 Å². The first-order valence-corrected chi connectivity index (χ1v) is 4.73. The zero-order valence-corrected chi connectivity index (χ0v) is 7.55. The summed E-state index contributed by atoms with van der Waals surface area (Å²) < 4.78 is 21.4. The van der Waals surface area contributed by atoms with E-state index in [0.29, 0.717) is 0 Å². The van der Waals surface area contributed by atoms with Crippen molar-refractivity contribution in [1.82, 2.24) is 14.8 Å². The van der Waals surface area contributed by atoms with Gasteiger partial charge in [0.2, 0.25) is 0 Å². The molecule has 0 aliphatic carbocycles. The van der Waals surface area contributed by atoms with Gasteiger partial charge in [0.1, 0.15) is 11.7 Å². The predicted molar refractivity (Wildman–Crippen MR) is 44.7 cm³/mol. The average Bonchev–Trinajstić information content (AvgIpc) is 2.33. The van der Waals surface area contributed by atoms with Crippen LogP contribution in [0.4, 0.5) is 0 Å². The molecule has 0 fully saturated rings. The highest BCUT2D eigenvalue weighted by Crippen LogP contribution is 2.06. The Morgan fingerprint density at radius 2 is 2.58 bits per heavy atom. The van der Waals surface area contributed by atoms with Crippen LogP contribution in [-0.4, -0.2) is 29.3 Å². The van der Waals surface area contributed by atoms with Gasteiger partial charge in [0.15, 0.2) is 0 Å². The number of thiol groups is 1. The zero-order chi connectivity index (χ0) is 9.14. The highest BCUT2D eigenvalue weighted by molar-refractivity contribution is 7.83. The fourth-order valence-electron chi connectivity index (χ4n) is 0.669. The van der Waals surface area contributed by atoms with Crippen molar-refractivity contribution in [3.8, 4) is 0 Å². The SMILES string of the molecule is O=c1[nH]cnn1C(S)CS(=O)[O-]. The van der Waals surface area contributed by atoms with Gasteiger partial charge in [-0.2, -0.15) is 22.4 Å². The van der Waals surface area contributed by atoms with Crippen LogP contribution in [0.5, 0.6) is 0 Å². The maximum atomic E-state index is 10.8. The first-order valence-electron chi connectivity index (χ1n) is 2.97. The van der Waals surface area contributed by atoms with Gasteiger partial charge in [0.05, 0.1) is 0 Å². The van der Waals surface area contributed by atoms with Crippen LogP contribution in [0.3, 0.4) is 0 Å². The van der Waals surface area contributed by atoms with Crippen LogP contribution in [0.2, 0.25) is 0 Å². The van der Waals surface area contributed by atoms with Crippen LogP contribution in [0.15, 0.2) is 11.1 Å². The van der Waals surface area contributed by atoms with Gasteiger partial charge in [-0.3, -0.25) is 9.19 Å². The molecule has 1 rings (SSSR count). The predicted octanol–water partition coefficient (Wildman–Crippen LogP) is -1.12. The molecular weight excluding hydrogens is 202 g/mol. The number of rotatable bonds is 3. The quantitative estimate of drug-likeness (QED) is 0.486. The second-order valence-corrected chi connectivity index (χ2v) is 3.53. The van der Waals surface area contributed by atoms with E-state index in [4.69, 9.17) is 0 Å². The summed E-state index contributed by atoms with van der Waals surface area (Å²) in [6.45, 7) is 0. The molecule has 0 amide bonds. The van der Waals surface area contributed by atoms with E-state index in [0.717, 1.165) is 4.68 Å². The monoisotopic (exact) mass is 208 g/mol. The van der Waals surface area contributed by atoms with Crippen LogP contribution in [-0.2, 0) is 11.1 Å². The van der Waals surface area contributed by atoms with Gasteiger partial charge in [0, 0.05) is 5.75 Å². The fraction of sp³-hybridized carbons (Fsp3) is 0.500. The van der Waals surface area contributed by atoms with Crippen molar-refractivity contribution < 1.29 is 8.76 Å². The fourth-order valence-corrected chi connectivity index (χ4v) is 1.58. The van der Waals surface area contributed by atoms with Crippen molar-refractivity contribution in [2.75, 3.05) is 5.75 Å². The summed E-state index contributed by atoms with van der Waals surface area (Å²) >= 11 is 1.65. The molecule has 68 valence electrons. The minimum absolute atomic E-state index is 0.242. The Balaban J connectivity index is 2.78. The maximum Gasteiger partial charge on any atom is 0.344 e. The first-order chi connectivity index (χ1) is 5.61. The molecule has 0 aliphatic heterocycles. The smallest absolute Gasteiger partial charge is 0.344 e. The van der Waals surface area contributed by atoms with Crippen LogP contribution in [0.1, 0.15) is 5.37 Å².